The number of aliphatic hydroxyl groups excluding tert-OH is 1. The van der Waals surface area contributed by atoms with Crippen LogP contribution in [0.1, 0.15) is 31.4 Å². The number of anilines is 1. The SMILES string of the molecule is CC(C)CC(CO)Nc1ncc(C#N)c(-c2c[nH]c3ncc(C(F)(F)F)cc23)n1. The minimum atomic E-state index is -4.54. The van der Waals surface area contributed by atoms with E-state index < -0.39 is 11.7 Å². The van der Waals surface area contributed by atoms with E-state index in [9.17, 15) is 23.5 Å². The van der Waals surface area contributed by atoms with E-state index in [1.165, 1.54) is 12.4 Å². The molecule has 0 amide bonds. The van der Waals surface area contributed by atoms with E-state index >= 15 is 0 Å². The summed E-state index contributed by atoms with van der Waals surface area (Å²) in [5, 5.41) is 22.2. The number of fused-ring (bicyclic) bond motifs is 1. The molecule has 0 bridgehead atoms. The van der Waals surface area contributed by atoms with Crippen LogP contribution in [0.15, 0.2) is 24.7 Å². The van der Waals surface area contributed by atoms with Crippen molar-refractivity contribution in [2.24, 2.45) is 5.92 Å². The number of alkyl halides is 3. The number of aromatic nitrogens is 4. The number of nitrogens with zero attached hydrogens (tertiary/aromatic N) is 4. The van der Waals surface area contributed by atoms with Gasteiger partial charge in [0.1, 0.15) is 11.7 Å². The monoisotopic (exact) mass is 404 g/mol. The predicted octanol–water partition coefficient (Wildman–Crippen LogP) is 3.73. The van der Waals surface area contributed by atoms with Crippen LogP contribution in [0, 0.1) is 17.2 Å². The van der Waals surface area contributed by atoms with Crippen molar-refractivity contribution in [1.82, 2.24) is 19.9 Å². The molecule has 0 fully saturated rings. The molecule has 0 aliphatic carbocycles. The Labute approximate surface area is 164 Å². The first-order chi connectivity index (χ1) is 13.7. The molecule has 152 valence electrons. The Morgan fingerprint density at radius 1 is 1.28 bits per heavy atom. The standard InChI is InChI=1S/C19H19F3N6O/c1-10(2)3-13(9-29)27-18-26-6-11(5-23)16(28-18)15-8-25-17-14(15)4-12(7-24-17)19(20,21)22/h4,6-8,10,13,29H,3,9H2,1-2H3,(H,24,25)(H,26,27,28). The third-order valence-corrected chi connectivity index (χ3v) is 4.33. The normalized spacial score (nSPS) is 12.9. The molecule has 3 aromatic heterocycles. The van der Waals surface area contributed by atoms with Crippen LogP contribution in [0.5, 0.6) is 0 Å². The van der Waals surface area contributed by atoms with E-state index in [-0.39, 0.29) is 40.9 Å². The van der Waals surface area contributed by atoms with Gasteiger partial charge in [0.2, 0.25) is 5.95 Å². The van der Waals surface area contributed by atoms with Crippen molar-refractivity contribution in [3.8, 4) is 17.3 Å². The van der Waals surface area contributed by atoms with Gasteiger partial charge in [-0.15, -0.1) is 0 Å². The molecule has 7 nitrogen and oxygen atoms in total. The number of nitriles is 1. The number of rotatable bonds is 6. The Hall–Kier alpha value is -3.19. The highest BCUT2D eigenvalue weighted by molar-refractivity contribution is 5.94. The fourth-order valence-electron chi connectivity index (χ4n) is 3.02. The molecule has 3 heterocycles. The lowest BCUT2D eigenvalue weighted by Crippen LogP contribution is -2.26. The van der Waals surface area contributed by atoms with Gasteiger partial charge in [-0.05, 0) is 18.4 Å². The summed E-state index contributed by atoms with van der Waals surface area (Å²) in [6.45, 7) is 3.88. The van der Waals surface area contributed by atoms with Crippen molar-refractivity contribution in [1.29, 1.82) is 5.26 Å². The first-order valence-corrected chi connectivity index (χ1v) is 8.92. The van der Waals surface area contributed by atoms with Crippen molar-refractivity contribution in [2.75, 3.05) is 11.9 Å². The van der Waals surface area contributed by atoms with Gasteiger partial charge >= 0.3 is 6.18 Å². The Balaban J connectivity index is 2.07. The molecular weight excluding hydrogens is 385 g/mol. The van der Waals surface area contributed by atoms with Crippen molar-refractivity contribution >= 4 is 17.0 Å². The van der Waals surface area contributed by atoms with Crippen LogP contribution in [0.2, 0.25) is 0 Å². The first-order valence-electron chi connectivity index (χ1n) is 8.92. The number of hydrogen-bond donors (Lipinski definition) is 3. The Kier molecular flexibility index (Phi) is 5.70. The molecule has 3 N–H and O–H groups in total. The quantitative estimate of drug-likeness (QED) is 0.577. The maximum absolute atomic E-state index is 13.1. The minimum Gasteiger partial charge on any atom is -0.394 e. The number of aliphatic hydroxyl groups is 1. The number of aromatic amines is 1. The zero-order chi connectivity index (χ0) is 21.2. The first kappa shape index (κ1) is 20.5. The van der Waals surface area contributed by atoms with E-state index in [0.717, 1.165) is 12.3 Å². The molecule has 0 spiro atoms. The largest absolute Gasteiger partial charge is 0.417 e. The van der Waals surface area contributed by atoms with E-state index in [0.29, 0.717) is 17.9 Å². The summed E-state index contributed by atoms with van der Waals surface area (Å²) in [4.78, 5) is 15.0. The number of pyridine rings is 1. The highest BCUT2D eigenvalue weighted by atomic mass is 19.4. The molecule has 3 aromatic rings. The lowest BCUT2D eigenvalue weighted by Gasteiger charge is -2.18. The topological polar surface area (TPSA) is 111 Å². The van der Waals surface area contributed by atoms with Gasteiger partial charge in [-0.1, -0.05) is 13.8 Å². The summed E-state index contributed by atoms with van der Waals surface area (Å²) in [6.07, 6.45) is -0.367. The van der Waals surface area contributed by atoms with E-state index in [2.05, 4.69) is 25.3 Å². The Bertz CT molecular complexity index is 1050. The van der Waals surface area contributed by atoms with Crippen molar-refractivity contribution in [2.45, 2.75) is 32.5 Å². The van der Waals surface area contributed by atoms with Crippen LogP contribution < -0.4 is 5.32 Å². The summed E-state index contributed by atoms with van der Waals surface area (Å²) in [5.74, 6) is 0.492. The zero-order valence-corrected chi connectivity index (χ0v) is 15.7. The van der Waals surface area contributed by atoms with Gasteiger partial charge in [-0.25, -0.2) is 15.0 Å². The molecule has 3 rings (SSSR count). The minimum absolute atomic E-state index is 0.110. The molecule has 0 aliphatic heterocycles. The highest BCUT2D eigenvalue weighted by Gasteiger charge is 2.31. The average Bonchev–Trinajstić information content (AvgIpc) is 3.09. The van der Waals surface area contributed by atoms with Crippen molar-refractivity contribution < 1.29 is 18.3 Å². The molecule has 1 unspecified atom stereocenters. The van der Waals surface area contributed by atoms with E-state index in [4.69, 9.17) is 0 Å². The van der Waals surface area contributed by atoms with Crippen molar-refractivity contribution in [3.63, 3.8) is 0 Å². The second-order valence-electron chi connectivity index (χ2n) is 7.04. The zero-order valence-electron chi connectivity index (χ0n) is 15.7. The van der Waals surface area contributed by atoms with Crippen LogP contribution >= 0.6 is 0 Å². The van der Waals surface area contributed by atoms with Crippen molar-refractivity contribution in [3.05, 3.63) is 35.8 Å². The maximum atomic E-state index is 13.1. The fourth-order valence-corrected chi connectivity index (χ4v) is 3.02. The van der Waals surface area contributed by atoms with E-state index in [1.807, 2.05) is 19.9 Å². The molecule has 29 heavy (non-hydrogen) atoms. The van der Waals surface area contributed by atoms with Crippen LogP contribution in [-0.4, -0.2) is 37.7 Å². The van der Waals surface area contributed by atoms with Gasteiger partial charge in [-0.2, -0.15) is 18.4 Å². The van der Waals surface area contributed by atoms with Gasteiger partial charge in [0.25, 0.3) is 0 Å². The number of nitrogens with one attached hydrogen (secondary N) is 2. The van der Waals surface area contributed by atoms with Crippen LogP contribution in [0.4, 0.5) is 19.1 Å². The summed E-state index contributed by atoms with van der Waals surface area (Å²) in [5.41, 5.74) is -0.0472. The van der Waals surface area contributed by atoms with Gasteiger partial charge in [-0.3, -0.25) is 0 Å². The van der Waals surface area contributed by atoms with Gasteiger partial charge in [0, 0.05) is 23.3 Å². The molecular formula is C19H19F3N6O. The third-order valence-electron chi connectivity index (χ3n) is 4.33. The Morgan fingerprint density at radius 3 is 2.66 bits per heavy atom. The van der Waals surface area contributed by atoms with Crippen LogP contribution in [0.25, 0.3) is 22.3 Å². The summed E-state index contributed by atoms with van der Waals surface area (Å²) < 4.78 is 39.3. The molecule has 10 heteroatoms. The fraction of sp³-hybridized carbons (Fsp3) is 0.368. The number of hydrogen-bond acceptors (Lipinski definition) is 6. The summed E-state index contributed by atoms with van der Waals surface area (Å²) >= 11 is 0. The third kappa shape index (κ3) is 4.46. The van der Waals surface area contributed by atoms with Crippen LogP contribution in [0.3, 0.4) is 0 Å². The smallest absolute Gasteiger partial charge is 0.394 e. The van der Waals surface area contributed by atoms with Gasteiger partial charge in [0.05, 0.1) is 35.7 Å². The maximum Gasteiger partial charge on any atom is 0.417 e. The molecule has 0 aliphatic rings. The summed E-state index contributed by atoms with van der Waals surface area (Å²) in [7, 11) is 0. The number of H-pyrrole nitrogens is 1. The predicted molar refractivity (Wildman–Crippen MR) is 101 cm³/mol. The van der Waals surface area contributed by atoms with Gasteiger partial charge in [0.15, 0.2) is 0 Å². The molecule has 0 radical (unpaired) electrons. The van der Waals surface area contributed by atoms with Gasteiger partial charge < -0.3 is 15.4 Å². The second-order valence-corrected chi connectivity index (χ2v) is 7.04. The number of halogens is 3. The molecule has 0 saturated carbocycles. The lowest BCUT2D eigenvalue weighted by atomic mass is 10.0. The molecule has 1 atom stereocenters. The lowest BCUT2D eigenvalue weighted by molar-refractivity contribution is -0.137. The summed E-state index contributed by atoms with van der Waals surface area (Å²) in [6, 6.07) is 2.64. The average molecular weight is 404 g/mol. The van der Waals surface area contributed by atoms with Crippen LogP contribution in [-0.2, 0) is 6.18 Å². The second kappa shape index (κ2) is 8.05. The molecule has 0 aromatic carbocycles. The molecule has 0 saturated heterocycles. The van der Waals surface area contributed by atoms with E-state index in [1.54, 1.807) is 0 Å². The highest BCUT2D eigenvalue weighted by Crippen LogP contribution is 2.34. The Morgan fingerprint density at radius 2 is 2.03 bits per heavy atom.